The Labute approximate surface area is 116 Å². The monoisotopic (exact) mass is 307 g/mol. The summed E-state index contributed by atoms with van der Waals surface area (Å²) in [6.07, 6.45) is 0. The smallest absolute Gasteiger partial charge is 0.246 e. The van der Waals surface area contributed by atoms with Crippen LogP contribution in [-0.2, 0) is 14.8 Å². The van der Waals surface area contributed by atoms with Crippen LogP contribution in [0.3, 0.4) is 0 Å². The quantitative estimate of drug-likeness (QED) is 0.746. The average molecular weight is 307 g/mol. The van der Waals surface area contributed by atoms with E-state index in [1.165, 1.54) is 4.90 Å². The summed E-state index contributed by atoms with van der Waals surface area (Å²) in [7, 11) is -4.17. The van der Waals surface area contributed by atoms with E-state index in [1.54, 1.807) is 0 Å². The van der Waals surface area contributed by atoms with E-state index in [4.69, 9.17) is 4.74 Å². The van der Waals surface area contributed by atoms with E-state index in [9.17, 15) is 17.2 Å². The number of nitrogens with one attached hydrogen (secondary N) is 2. The van der Waals surface area contributed by atoms with Gasteiger partial charge in [0.05, 0.1) is 26.3 Å². The van der Waals surface area contributed by atoms with Crippen LogP contribution in [0.1, 0.15) is 0 Å². The molecule has 1 heterocycles. The molecule has 0 aromatic heterocycles. The van der Waals surface area contributed by atoms with Gasteiger partial charge >= 0.3 is 0 Å². The first-order valence-corrected chi connectivity index (χ1v) is 7.84. The Hall–Kier alpha value is -1.09. The Morgan fingerprint density at radius 3 is 2.40 bits per heavy atom. The van der Waals surface area contributed by atoms with Crippen molar-refractivity contribution in [3.8, 4) is 0 Å². The fourth-order valence-corrected chi connectivity index (χ4v) is 3.25. The van der Waals surface area contributed by atoms with Crippen LogP contribution >= 0.6 is 0 Å². The molecular formula is C12H17F2N2O3S+. The van der Waals surface area contributed by atoms with Crippen LogP contribution in [-0.4, -0.2) is 47.8 Å². The van der Waals surface area contributed by atoms with Gasteiger partial charge in [0.2, 0.25) is 10.0 Å². The first kappa shape index (κ1) is 15.3. The maximum absolute atomic E-state index is 13.4. The minimum atomic E-state index is -4.17. The Morgan fingerprint density at radius 1 is 1.20 bits per heavy atom. The summed E-state index contributed by atoms with van der Waals surface area (Å²) in [6, 6.07) is 2.97. The molecule has 0 unspecified atom stereocenters. The summed E-state index contributed by atoms with van der Waals surface area (Å²) < 4.78 is 58.1. The Bertz CT molecular complexity index is 540. The number of quaternary nitrogens is 1. The van der Waals surface area contributed by atoms with Gasteiger partial charge in [-0.25, -0.2) is 21.9 Å². The summed E-state index contributed by atoms with van der Waals surface area (Å²) >= 11 is 0. The number of morpholine rings is 1. The highest BCUT2D eigenvalue weighted by molar-refractivity contribution is 7.89. The zero-order valence-corrected chi connectivity index (χ0v) is 11.7. The van der Waals surface area contributed by atoms with E-state index in [0.717, 1.165) is 31.3 Å². The van der Waals surface area contributed by atoms with E-state index in [0.29, 0.717) is 19.8 Å². The van der Waals surface area contributed by atoms with E-state index in [-0.39, 0.29) is 6.54 Å². The maximum atomic E-state index is 13.4. The Morgan fingerprint density at radius 2 is 1.80 bits per heavy atom. The predicted octanol–water partition coefficient (Wildman–Crippen LogP) is -0.842. The third-order valence-corrected chi connectivity index (χ3v) is 4.67. The Kier molecular flexibility index (Phi) is 5.03. The molecule has 1 aliphatic heterocycles. The molecule has 20 heavy (non-hydrogen) atoms. The van der Waals surface area contributed by atoms with Crippen LogP contribution < -0.4 is 9.62 Å². The van der Waals surface area contributed by atoms with Crippen LogP contribution in [0.4, 0.5) is 8.78 Å². The van der Waals surface area contributed by atoms with Crippen molar-refractivity contribution < 1.29 is 26.8 Å². The molecule has 112 valence electrons. The molecular weight excluding hydrogens is 290 g/mol. The first-order chi connectivity index (χ1) is 9.50. The average Bonchev–Trinajstić information content (AvgIpc) is 2.39. The molecule has 0 saturated carbocycles. The van der Waals surface area contributed by atoms with Gasteiger partial charge < -0.3 is 9.64 Å². The van der Waals surface area contributed by atoms with E-state index >= 15 is 0 Å². The van der Waals surface area contributed by atoms with E-state index in [1.807, 2.05) is 0 Å². The minimum Gasteiger partial charge on any atom is -0.370 e. The predicted molar refractivity (Wildman–Crippen MR) is 67.9 cm³/mol. The fourth-order valence-electron chi connectivity index (χ4n) is 2.08. The van der Waals surface area contributed by atoms with Gasteiger partial charge in [-0.1, -0.05) is 6.07 Å². The summed E-state index contributed by atoms with van der Waals surface area (Å²) in [5, 5.41) is 0. The van der Waals surface area contributed by atoms with Gasteiger partial charge in [-0.2, -0.15) is 0 Å². The lowest BCUT2D eigenvalue weighted by molar-refractivity contribution is -0.906. The fraction of sp³-hybridized carbons (Fsp3) is 0.500. The second-order valence-corrected chi connectivity index (χ2v) is 6.26. The van der Waals surface area contributed by atoms with E-state index in [2.05, 4.69) is 4.72 Å². The van der Waals surface area contributed by atoms with Crippen molar-refractivity contribution in [2.45, 2.75) is 4.90 Å². The third kappa shape index (κ3) is 3.72. The SMILES string of the molecule is O=S(=O)(NCC[NH+]1CCOCC1)c1c(F)cccc1F. The largest absolute Gasteiger partial charge is 0.370 e. The number of rotatable bonds is 5. The van der Waals surface area contributed by atoms with Crippen molar-refractivity contribution in [3.05, 3.63) is 29.8 Å². The number of hydrogen-bond donors (Lipinski definition) is 2. The highest BCUT2D eigenvalue weighted by Gasteiger charge is 2.24. The number of ether oxygens (including phenoxy) is 1. The molecule has 0 atom stereocenters. The molecule has 2 rings (SSSR count). The highest BCUT2D eigenvalue weighted by Crippen LogP contribution is 2.17. The van der Waals surface area contributed by atoms with Crippen molar-refractivity contribution >= 4 is 10.0 Å². The van der Waals surface area contributed by atoms with Gasteiger partial charge in [-0.05, 0) is 12.1 Å². The zero-order chi connectivity index (χ0) is 14.6. The van der Waals surface area contributed by atoms with Gasteiger partial charge in [0.25, 0.3) is 0 Å². The standard InChI is InChI=1S/C12H16F2N2O3S/c13-10-2-1-3-11(14)12(10)20(17,18)15-4-5-16-6-8-19-9-7-16/h1-3,15H,4-9H2/p+1. The van der Waals surface area contributed by atoms with Crippen LogP contribution in [0, 0.1) is 11.6 Å². The second-order valence-electron chi connectivity index (χ2n) is 4.56. The van der Waals surface area contributed by atoms with Crippen LogP contribution in [0.2, 0.25) is 0 Å². The van der Waals surface area contributed by atoms with Gasteiger partial charge in [-0.3, -0.25) is 0 Å². The molecule has 0 radical (unpaired) electrons. The summed E-state index contributed by atoms with van der Waals surface area (Å²) in [5.74, 6) is -2.17. The highest BCUT2D eigenvalue weighted by atomic mass is 32.2. The van der Waals surface area contributed by atoms with Crippen molar-refractivity contribution in [1.29, 1.82) is 0 Å². The molecule has 1 aromatic carbocycles. The Balaban J connectivity index is 1.97. The number of hydrogen-bond acceptors (Lipinski definition) is 3. The van der Waals surface area contributed by atoms with Crippen LogP contribution in [0.15, 0.2) is 23.1 Å². The molecule has 0 aliphatic carbocycles. The first-order valence-electron chi connectivity index (χ1n) is 6.36. The maximum Gasteiger partial charge on any atom is 0.246 e. The zero-order valence-electron chi connectivity index (χ0n) is 10.9. The minimum absolute atomic E-state index is 0.130. The molecule has 0 amide bonds. The van der Waals surface area contributed by atoms with Crippen molar-refractivity contribution in [3.63, 3.8) is 0 Å². The van der Waals surface area contributed by atoms with Crippen LogP contribution in [0.25, 0.3) is 0 Å². The number of benzene rings is 1. The van der Waals surface area contributed by atoms with Gasteiger partial charge in [0.1, 0.15) is 24.7 Å². The normalized spacial score (nSPS) is 17.3. The molecule has 1 fully saturated rings. The molecule has 1 aliphatic rings. The van der Waals surface area contributed by atoms with Gasteiger partial charge in [0, 0.05) is 0 Å². The molecule has 5 nitrogen and oxygen atoms in total. The summed E-state index contributed by atoms with van der Waals surface area (Å²) in [5.41, 5.74) is 0. The molecule has 1 saturated heterocycles. The summed E-state index contributed by atoms with van der Waals surface area (Å²) in [4.78, 5) is 0.282. The second kappa shape index (κ2) is 6.57. The number of sulfonamides is 1. The molecule has 2 N–H and O–H groups in total. The molecule has 0 spiro atoms. The van der Waals surface area contributed by atoms with Crippen molar-refractivity contribution in [2.24, 2.45) is 0 Å². The topological polar surface area (TPSA) is 59.8 Å². The van der Waals surface area contributed by atoms with E-state index < -0.39 is 26.6 Å². The van der Waals surface area contributed by atoms with Crippen molar-refractivity contribution in [2.75, 3.05) is 39.4 Å². The van der Waals surface area contributed by atoms with Crippen LogP contribution in [0.5, 0.6) is 0 Å². The van der Waals surface area contributed by atoms with Crippen molar-refractivity contribution in [1.82, 2.24) is 4.72 Å². The van der Waals surface area contributed by atoms with Gasteiger partial charge in [0.15, 0.2) is 4.90 Å². The number of halogens is 2. The van der Waals surface area contributed by atoms with Gasteiger partial charge in [-0.15, -0.1) is 0 Å². The molecule has 0 bridgehead atoms. The summed E-state index contributed by atoms with van der Waals surface area (Å²) in [6.45, 7) is 3.57. The lowest BCUT2D eigenvalue weighted by atomic mass is 10.3. The molecule has 1 aromatic rings. The lowest BCUT2D eigenvalue weighted by Crippen LogP contribution is -3.14. The lowest BCUT2D eigenvalue weighted by Gasteiger charge is -2.23. The third-order valence-electron chi connectivity index (χ3n) is 3.16. The molecule has 8 heteroatoms.